The smallest absolute Gasteiger partial charge is 0.0364 e. The van der Waals surface area contributed by atoms with Crippen LogP contribution in [-0.4, -0.2) is 12.3 Å². The Hall–Kier alpha value is -1.89. The van der Waals surface area contributed by atoms with E-state index in [4.69, 9.17) is 4.99 Å². The lowest BCUT2D eigenvalue weighted by Crippen LogP contribution is -2.16. The Morgan fingerprint density at radius 2 is 1.54 bits per heavy atom. The molecule has 0 saturated heterocycles. The molecule has 0 amide bonds. The minimum absolute atomic E-state index is 0.198. The molecule has 1 unspecified atom stereocenters. The van der Waals surface area contributed by atoms with Crippen molar-refractivity contribution in [3.63, 3.8) is 0 Å². The van der Waals surface area contributed by atoms with E-state index in [0.717, 1.165) is 24.3 Å². The average Bonchev–Trinajstić information content (AvgIpc) is 2.54. The van der Waals surface area contributed by atoms with Gasteiger partial charge in [0.25, 0.3) is 0 Å². The van der Waals surface area contributed by atoms with E-state index in [1.165, 1.54) is 27.9 Å². The van der Waals surface area contributed by atoms with Crippen molar-refractivity contribution in [3.05, 3.63) is 70.3 Å². The Morgan fingerprint density at radius 3 is 1.96 bits per heavy atom. The van der Waals surface area contributed by atoms with Crippen molar-refractivity contribution >= 4 is 5.71 Å². The molecule has 130 valence electrons. The first kappa shape index (κ1) is 20.2. The van der Waals surface area contributed by atoms with Crippen molar-refractivity contribution in [1.82, 2.24) is 0 Å². The standard InChI is InChI=1S/C23H33N/c1-9-18(7)21(16(3)4)23(20-14-12-11-13-15-20)22(17(5)6)19(8)24-10-2/h11-15,23H,3,9-10H2,1-2,4-8H3. The Morgan fingerprint density at radius 1 is 0.958 bits per heavy atom. The second kappa shape index (κ2) is 9.42. The third-order valence-corrected chi connectivity index (χ3v) is 4.48. The highest BCUT2D eigenvalue weighted by molar-refractivity contribution is 6.01. The van der Waals surface area contributed by atoms with Gasteiger partial charge in [0, 0.05) is 18.2 Å². The first-order valence-electron chi connectivity index (χ1n) is 8.94. The summed E-state index contributed by atoms with van der Waals surface area (Å²) in [4.78, 5) is 4.73. The zero-order valence-electron chi connectivity index (χ0n) is 16.5. The van der Waals surface area contributed by atoms with Gasteiger partial charge in [-0.15, -0.1) is 0 Å². The lowest BCUT2D eigenvalue weighted by Gasteiger charge is -2.28. The van der Waals surface area contributed by atoms with Gasteiger partial charge in [-0.05, 0) is 64.7 Å². The molecule has 1 heteroatoms. The number of hydrogen-bond acceptors (Lipinski definition) is 1. The van der Waals surface area contributed by atoms with Crippen molar-refractivity contribution < 1.29 is 0 Å². The predicted molar refractivity (Wildman–Crippen MR) is 109 cm³/mol. The Balaban J connectivity index is 3.76. The maximum absolute atomic E-state index is 4.73. The van der Waals surface area contributed by atoms with Crippen LogP contribution in [0.4, 0.5) is 0 Å². The number of rotatable bonds is 7. The fourth-order valence-corrected chi connectivity index (χ4v) is 3.35. The third-order valence-electron chi connectivity index (χ3n) is 4.48. The van der Waals surface area contributed by atoms with Crippen molar-refractivity contribution in [2.24, 2.45) is 4.99 Å². The van der Waals surface area contributed by atoms with Crippen LogP contribution in [0.15, 0.2) is 69.8 Å². The maximum Gasteiger partial charge on any atom is 0.0364 e. The second-order valence-corrected chi connectivity index (χ2v) is 6.65. The van der Waals surface area contributed by atoms with Crippen LogP contribution in [-0.2, 0) is 0 Å². The highest BCUT2D eigenvalue weighted by atomic mass is 14.7. The Labute approximate surface area is 148 Å². The topological polar surface area (TPSA) is 12.4 Å². The lowest BCUT2D eigenvalue weighted by molar-refractivity contribution is 0.900. The van der Waals surface area contributed by atoms with Crippen LogP contribution < -0.4 is 0 Å². The monoisotopic (exact) mass is 323 g/mol. The fourth-order valence-electron chi connectivity index (χ4n) is 3.35. The summed E-state index contributed by atoms with van der Waals surface area (Å²) < 4.78 is 0. The summed E-state index contributed by atoms with van der Waals surface area (Å²) in [6.07, 6.45) is 1.03. The van der Waals surface area contributed by atoms with Crippen LogP contribution in [0.3, 0.4) is 0 Å². The quantitative estimate of drug-likeness (QED) is 0.382. The zero-order chi connectivity index (χ0) is 18.3. The Kier molecular flexibility index (Phi) is 7.91. The van der Waals surface area contributed by atoms with Gasteiger partial charge in [-0.3, -0.25) is 4.99 Å². The normalized spacial score (nSPS) is 14.0. The van der Waals surface area contributed by atoms with E-state index in [9.17, 15) is 0 Å². The molecular formula is C23H33N. The van der Waals surface area contributed by atoms with Gasteiger partial charge in [-0.1, -0.05) is 60.6 Å². The van der Waals surface area contributed by atoms with Crippen LogP contribution in [0.2, 0.25) is 0 Å². The number of nitrogens with zero attached hydrogens (tertiary/aromatic N) is 1. The molecule has 0 heterocycles. The van der Waals surface area contributed by atoms with Gasteiger partial charge >= 0.3 is 0 Å². The number of allylic oxidation sites excluding steroid dienone is 5. The van der Waals surface area contributed by atoms with Crippen molar-refractivity contribution in [1.29, 1.82) is 0 Å². The van der Waals surface area contributed by atoms with Crippen LogP contribution in [0.5, 0.6) is 0 Å². The van der Waals surface area contributed by atoms with E-state index in [-0.39, 0.29) is 5.92 Å². The summed E-state index contributed by atoms with van der Waals surface area (Å²) >= 11 is 0. The summed E-state index contributed by atoms with van der Waals surface area (Å²) in [5, 5.41) is 0. The van der Waals surface area contributed by atoms with E-state index in [1.807, 2.05) is 0 Å². The predicted octanol–water partition coefficient (Wildman–Crippen LogP) is 6.89. The van der Waals surface area contributed by atoms with Gasteiger partial charge < -0.3 is 0 Å². The number of aliphatic imine (C=N–C) groups is 1. The molecule has 1 rings (SSSR count). The minimum Gasteiger partial charge on any atom is -0.290 e. The van der Waals surface area contributed by atoms with Crippen LogP contribution >= 0.6 is 0 Å². The van der Waals surface area contributed by atoms with Gasteiger partial charge in [0.1, 0.15) is 0 Å². The van der Waals surface area contributed by atoms with E-state index >= 15 is 0 Å². The summed E-state index contributed by atoms with van der Waals surface area (Å²) in [5.74, 6) is 0.198. The second-order valence-electron chi connectivity index (χ2n) is 6.65. The molecule has 0 radical (unpaired) electrons. The van der Waals surface area contributed by atoms with Gasteiger partial charge in [0.15, 0.2) is 0 Å². The van der Waals surface area contributed by atoms with Crippen LogP contribution in [0, 0.1) is 0 Å². The first-order chi connectivity index (χ1) is 11.3. The SMILES string of the molecule is C=C(C)C(=C(C)CC)C(C(C(C)=NCC)=C(C)C)c1ccccc1. The van der Waals surface area contributed by atoms with E-state index in [2.05, 4.69) is 85.4 Å². The summed E-state index contributed by atoms with van der Waals surface area (Å²) in [6.45, 7) is 20.3. The molecule has 0 N–H and O–H groups in total. The van der Waals surface area contributed by atoms with Crippen LogP contribution in [0.1, 0.15) is 66.4 Å². The van der Waals surface area contributed by atoms with E-state index in [1.54, 1.807) is 0 Å². The molecule has 0 aromatic heterocycles. The highest BCUT2D eigenvalue weighted by Crippen LogP contribution is 2.39. The van der Waals surface area contributed by atoms with Crippen molar-refractivity contribution in [2.45, 2.75) is 60.8 Å². The molecule has 0 aliphatic heterocycles. The lowest BCUT2D eigenvalue weighted by atomic mass is 9.76. The summed E-state index contributed by atoms with van der Waals surface area (Å²) in [7, 11) is 0. The fraction of sp³-hybridized carbons (Fsp3) is 0.435. The number of hydrogen-bond donors (Lipinski definition) is 0. The summed E-state index contributed by atoms with van der Waals surface area (Å²) in [6, 6.07) is 10.8. The van der Waals surface area contributed by atoms with E-state index in [0.29, 0.717) is 0 Å². The molecule has 0 aliphatic rings. The van der Waals surface area contributed by atoms with Crippen LogP contribution in [0.25, 0.3) is 0 Å². The molecule has 1 aromatic rings. The van der Waals surface area contributed by atoms with Crippen molar-refractivity contribution in [3.8, 4) is 0 Å². The molecular weight excluding hydrogens is 290 g/mol. The Bertz CT molecular complexity index is 653. The van der Waals surface area contributed by atoms with Gasteiger partial charge in [-0.2, -0.15) is 0 Å². The third kappa shape index (κ3) is 4.80. The molecule has 0 fully saturated rings. The summed E-state index contributed by atoms with van der Waals surface area (Å²) in [5.41, 5.74) is 8.99. The first-order valence-corrected chi connectivity index (χ1v) is 8.94. The van der Waals surface area contributed by atoms with E-state index < -0.39 is 0 Å². The minimum atomic E-state index is 0.198. The highest BCUT2D eigenvalue weighted by Gasteiger charge is 2.25. The van der Waals surface area contributed by atoms with Gasteiger partial charge in [-0.25, -0.2) is 0 Å². The average molecular weight is 324 g/mol. The van der Waals surface area contributed by atoms with Gasteiger partial charge in [0.05, 0.1) is 0 Å². The molecule has 0 saturated carbocycles. The maximum atomic E-state index is 4.73. The molecule has 0 spiro atoms. The number of benzene rings is 1. The molecule has 0 aliphatic carbocycles. The zero-order valence-corrected chi connectivity index (χ0v) is 16.5. The molecule has 24 heavy (non-hydrogen) atoms. The molecule has 0 bridgehead atoms. The molecule has 1 aromatic carbocycles. The van der Waals surface area contributed by atoms with Crippen molar-refractivity contribution in [2.75, 3.05) is 6.54 Å². The molecule has 1 nitrogen and oxygen atoms in total. The largest absolute Gasteiger partial charge is 0.290 e. The molecule has 1 atom stereocenters. The van der Waals surface area contributed by atoms with Gasteiger partial charge in [0.2, 0.25) is 0 Å².